The number of thiocarbonyl (C=S) groups is 1. The lowest BCUT2D eigenvalue weighted by molar-refractivity contribution is 0.949. The molecule has 1 aliphatic heterocycles. The highest BCUT2D eigenvalue weighted by molar-refractivity contribution is 7.80. The molecule has 1 aliphatic rings. The lowest BCUT2D eigenvalue weighted by atomic mass is 10.2. The SMILES string of the molecule is NC(=S)c1cnccc1N1CCCC1. The molecule has 3 nitrogen and oxygen atoms in total. The van der Waals surface area contributed by atoms with Gasteiger partial charge in [-0.1, -0.05) is 12.2 Å². The van der Waals surface area contributed by atoms with Crippen molar-refractivity contribution < 1.29 is 0 Å². The van der Waals surface area contributed by atoms with Crippen LogP contribution in [0.1, 0.15) is 18.4 Å². The minimum Gasteiger partial charge on any atom is -0.389 e. The summed E-state index contributed by atoms with van der Waals surface area (Å²) in [6.45, 7) is 2.19. The maximum Gasteiger partial charge on any atom is 0.107 e. The van der Waals surface area contributed by atoms with E-state index >= 15 is 0 Å². The van der Waals surface area contributed by atoms with Gasteiger partial charge in [0.25, 0.3) is 0 Å². The average molecular weight is 207 g/mol. The normalized spacial score (nSPS) is 15.9. The standard InChI is InChI=1S/C10H13N3S/c11-10(14)8-7-12-4-3-9(8)13-5-1-2-6-13/h3-4,7H,1-2,5-6H2,(H2,11,14). The highest BCUT2D eigenvalue weighted by atomic mass is 32.1. The third-order valence-corrected chi connectivity index (χ3v) is 2.73. The molecule has 0 atom stereocenters. The molecule has 1 aromatic heterocycles. The number of rotatable bonds is 2. The monoisotopic (exact) mass is 207 g/mol. The molecule has 1 fully saturated rings. The van der Waals surface area contributed by atoms with Crippen molar-refractivity contribution in [2.75, 3.05) is 18.0 Å². The summed E-state index contributed by atoms with van der Waals surface area (Å²) in [5.41, 5.74) is 7.67. The molecule has 0 spiro atoms. The van der Waals surface area contributed by atoms with Gasteiger partial charge in [0.1, 0.15) is 4.99 Å². The van der Waals surface area contributed by atoms with Crippen molar-refractivity contribution in [2.45, 2.75) is 12.8 Å². The molecule has 2 N–H and O–H groups in total. The van der Waals surface area contributed by atoms with Crippen molar-refractivity contribution in [1.82, 2.24) is 4.98 Å². The first-order valence-corrected chi connectivity index (χ1v) is 5.18. The molecule has 0 unspecified atom stereocenters. The molecule has 0 radical (unpaired) electrons. The van der Waals surface area contributed by atoms with E-state index < -0.39 is 0 Å². The summed E-state index contributed by atoms with van der Waals surface area (Å²) in [6.07, 6.45) is 6.03. The Bertz CT molecular complexity index is 345. The fraction of sp³-hybridized carbons (Fsp3) is 0.400. The Balaban J connectivity index is 2.35. The van der Waals surface area contributed by atoms with Crippen molar-refractivity contribution in [3.8, 4) is 0 Å². The molecule has 1 saturated heterocycles. The first-order valence-electron chi connectivity index (χ1n) is 4.78. The number of hydrogen-bond donors (Lipinski definition) is 1. The largest absolute Gasteiger partial charge is 0.389 e. The van der Waals surface area contributed by atoms with Crippen LogP contribution >= 0.6 is 12.2 Å². The molecule has 0 amide bonds. The van der Waals surface area contributed by atoms with Gasteiger partial charge in [-0.25, -0.2) is 0 Å². The van der Waals surface area contributed by atoms with E-state index in [1.165, 1.54) is 12.8 Å². The van der Waals surface area contributed by atoms with E-state index in [1.54, 1.807) is 12.4 Å². The Labute approximate surface area is 88.9 Å². The number of hydrogen-bond acceptors (Lipinski definition) is 3. The van der Waals surface area contributed by atoms with Gasteiger partial charge in [-0.05, 0) is 18.9 Å². The molecule has 2 rings (SSSR count). The van der Waals surface area contributed by atoms with Gasteiger partial charge >= 0.3 is 0 Å². The fourth-order valence-electron chi connectivity index (χ4n) is 1.81. The van der Waals surface area contributed by atoms with Gasteiger partial charge in [0.15, 0.2) is 0 Å². The maximum absolute atomic E-state index is 5.65. The molecule has 1 aromatic rings. The third-order valence-electron chi connectivity index (χ3n) is 2.51. The first-order chi connectivity index (χ1) is 6.79. The number of nitrogens with zero attached hydrogens (tertiary/aromatic N) is 2. The van der Waals surface area contributed by atoms with Crippen molar-refractivity contribution in [3.63, 3.8) is 0 Å². The number of aromatic nitrogens is 1. The lowest BCUT2D eigenvalue weighted by Crippen LogP contribution is -2.22. The van der Waals surface area contributed by atoms with Gasteiger partial charge in [-0.3, -0.25) is 4.98 Å². The minimum absolute atomic E-state index is 0.431. The van der Waals surface area contributed by atoms with Crippen LogP contribution in [0.25, 0.3) is 0 Å². The Morgan fingerprint density at radius 1 is 1.43 bits per heavy atom. The molecule has 0 aliphatic carbocycles. The van der Waals surface area contributed by atoms with Crippen LogP contribution in [0.15, 0.2) is 18.5 Å². The predicted molar refractivity (Wildman–Crippen MR) is 61.6 cm³/mol. The summed E-state index contributed by atoms with van der Waals surface area (Å²) in [5.74, 6) is 0. The Morgan fingerprint density at radius 3 is 2.79 bits per heavy atom. The Kier molecular flexibility index (Phi) is 2.63. The second-order valence-electron chi connectivity index (χ2n) is 3.45. The van der Waals surface area contributed by atoms with Crippen LogP contribution in [0.4, 0.5) is 5.69 Å². The predicted octanol–water partition coefficient (Wildman–Crippen LogP) is 1.32. The van der Waals surface area contributed by atoms with Gasteiger partial charge in [0.05, 0.1) is 11.3 Å². The quantitative estimate of drug-likeness (QED) is 0.743. The summed E-state index contributed by atoms with van der Waals surface area (Å²) >= 11 is 5.00. The van der Waals surface area contributed by atoms with E-state index in [-0.39, 0.29) is 0 Å². The molecule has 14 heavy (non-hydrogen) atoms. The molecule has 2 heterocycles. The van der Waals surface area contributed by atoms with Crippen LogP contribution < -0.4 is 10.6 Å². The van der Waals surface area contributed by atoms with Crippen molar-refractivity contribution in [2.24, 2.45) is 5.73 Å². The topological polar surface area (TPSA) is 42.1 Å². The zero-order chi connectivity index (χ0) is 9.97. The van der Waals surface area contributed by atoms with Crippen LogP contribution in [0.5, 0.6) is 0 Å². The van der Waals surface area contributed by atoms with Gasteiger partial charge in [0.2, 0.25) is 0 Å². The summed E-state index contributed by atoms with van der Waals surface area (Å²) in [6, 6.07) is 1.99. The van der Waals surface area contributed by atoms with E-state index in [4.69, 9.17) is 18.0 Å². The van der Waals surface area contributed by atoms with Crippen LogP contribution in [0, 0.1) is 0 Å². The van der Waals surface area contributed by atoms with E-state index in [2.05, 4.69) is 9.88 Å². The van der Waals surface area contributed by atoms with Crippen LogP contribution in [-0.2, 0) is 0 Å². The van der Waals surface area contributed by atoms with Crippen molar-refractivity contribution in [3.05, 3.63) is 24.0 Å². The van der Waals surface area contributed by atoms with Crippen LogP contribution in [0.3, 0.4) is 0 Å². The molecular weight excluding hydrogens is 194 g/mol. The van der Waals surface area contributed by atoms with Gasteiger partial charge in [-0.2, -0.15) is 0 Å². The first kappa shape index (κ1) is 9.40. The molecule has 0 aromatic carbocycles. The van der Waals surface area contributed by atoms with Crippen LogP contribution in [0.2, 0.25) is 0 Å². The average Bonchev–Trinajstić information content (AvgIpc) is 2.70. The number of anilines is 1. The smallest absolute Gasteiger partial charge is 0.107 e. The highest BCUT2D eigenvalue weighted by Gasteiger charge is 2.16. The van der Waals surface area contributed by atoms with Gasteiger partial charge in [-0.15, -0.1) is 0 Å². The number of nitrogens with two attached hydrogens (primary N) is 1. The molecule has 0 bridgehead atoms. The van der Waals surface area contributed by atoms with E-state index in [0.717, 1.165) is 24.3 Å². The second kappa shape index (κ2) is 3.92. The fourth-order valence-corrected chi connectivity index (χ4v) is 1.97. The highest BCUT2D eigenvalue weighted by Crippen LogP contribution is 2.23. The zero-order valence-corrected chi connectivity index (χ0v) is 8.76. The van der Waals surface area contributed by atoms with Crippen LogP contribution in [-0.4, -0.2) is 23.1 Å². The molecular formula is C10H13N3S. The van der Waals surface area contributed by atoms with E-state index in [1.807, 2.05) is 6.07 Å². The van der Waals surface area contributed by atoms with Crippen molar-refractivity contribution in [1.29, 1.82) is 0 Å². The lowest BCUT2D eigenvalue weighted by Gasteiger charge is -2.20. The minimum atomic E-state index is 0.431. The van der Waals surface area contributed by atoms with E-state index in [9.17, 15) is 0 Å². The molecule has 0 saturated carbocycles. The van der Waals surface area contributed by atoms with Crippen molar-refractivity contribution >= 4 is 22.9 Å². The molecule has 74 valence electrons. The number of pyridine rings is 1. The van der Waals surface area contributed by atoms with Gasteiger partial charge in [0, 0.05) is 25.5 Å². The summed E-state index contributed by atoms with van der Waals surface area (Å²) in [7, 11) is 0. The van der Waals surface area contributed by atoms with E-state index in [0.29, 0.717) is 4.99 Å². The summed E-state index contributed by atoms with van der Waals surface area (Å²) < 4.78 is 0. The zero-order valence-electron chi connectivity index (χ0n) is 7.94. The summed E-state index contributed by atoms with van der Waals surface area (Å²) in [5, 5.41) is 0. The van der Waals surface area contributed by atoms with Gasteiger partial charge < -0.3 is 10.6 Å². The second-order valence-corrected chi connectivity index (χ2v) is 3.89. The Hall–Kier alpha value is -1.16. The third kappa shape index (κ3) is 1.70. The molecule has 4 heteroatoms. The summed E-state index contributed by atoms with van der Waals surface area (Å²) in [4.78, 5) is 6.79. The Morgan fingerprint density at radius 2 is 2.14 bits per heavy atom. The maximum atomic E-state index is 5.65.